The van der Waals surface area contributed by atoms with E-state index in [4.69, 9.17) is 21.7 Å². The minimum absolute atomic E-state index is 0.259. The quantitative estimate of drug-likeness (QED) is 0.503. The summed E-state index contributed by atoms with van der Waals surface area (Å²) in [4.78, 5) is 2.03. The Labute approximate surface area is 182 Å². The van der Waals surface area contributed by atoms with Crippen molar-refractivity contribution >= 4 is 23.0 Å². The number of thiocarbonyl (C=S) groups is 1. The van der Waals surface area contributed by atoms with Crippen molar-refractivity contribution in [2.24, 2.45) is 0 Å². The lowest BCUT2D eigenvalue weighted by atomic mass is 10.1. The maximum atomic E-state index is 13.3. The molecule has 0 amide bonds. The predicted molar refractivity (Wildman–Crippen MR) is 123 cm³/mol. The molecular weight excluding hydrogens is 399 g/mol. The van der Waals surface area contributed by atoms with Crippen LogP contribution in [0.4, 0.5) is 10.1 Å². The second kappa shape index (κ2) is 10.1. The summed E-state index contributed by atoms with van der Waals surface area (Å²) >= 11 is 5.74. The molecule has 0 atom stereocenters. The lowest BCUT2D eigenvalue weighted by molar-refractivity contribution is 0.405. The first-order valence-electron chi connectivity index (χ1n) is 9.56. The Kier molecular flexibility index (Phi) is 7.25. The van der Waals surface area contributed by atoms with Crippen LogP contribution in [0.5, 0.6) is 11.5 Å². The number of hydrogen-bond acceptors (Lipinski definition) is 3. The number of ether oxygens (including phenoxy) is 2. The normalized spacial score (nSPS) is 10.4. The highest BCUT2D eigenvalue weighted by molar-refractivity contribution is 7.80. The molecule has 0 aromatic heterocycles. The lowest BCUT2D eigenvalue weighted by Gasteiger charge is -2.27. The van der Waals surface area contributed by atoms with Gasteiger partial charge in [-0.15, -0.1) is 0 Å². The van der Waals surface area contributed by atoms with Crippen LogP contribution in [0, 0.1) is 12.7 Å². The van der Waals surface area contributed by atoms with Crippen LogP contribution >= 0.6 is 12.2 Å². The summed E-state index contributed by atoms with van der Waals surface area (Å²) in [6, 6.07) is 20.2. The summed E-state index contributed by atoms with van der Waals surface area (Å²) in [7, 11) is 3.27. The third-order valence-electron chi connectivity index (χ3n) is 4.70. The third kappa shape index (κ3) is 5.70. The molecule has 0 heterocycles. The Balaban J connectivity index is 1.84. The Morgan fingerprint density at radius 3 is 2.07 bits per heavy atom. The Bertz CT molecular complexity index is 991. The van der Waals surface area contributed by atoms with E-state index in [0.717, 1.165) is 28.1 Å². The Hall–Kier alpha value is -3.12. The number of anilines is 1. The molecule has 1 N–H and O–H groups in total. The smallest absolute Gasteiger partial charge is 0.174 e. The molecule has 3 rings (SSSR count). The van der Waals surface area contributed by atoms with E-state index in [-0.39, 0.29) is 5.82 Å². The fourth-order valence-corrected chi connectivity index (χ4v) is 3.31. The molecular formula is C24H25FN2O2S. The molecule has 0 saturated heterocycles. The molecule has 0 aliphatic heterocycles. The maximum Gasteiger partial charge on any atom is 0.174 e. The molecule has 0 radical (unpaired) electrons. The van der Waals surface area contributed by atoms with Gasteiger partial charge in [0.15, 0.2) is 5.11 Å². The first-order valence-corrected chi connectivity index (χ1v) is 9.97. The van der Waals surface area contributed by atoms with Gasteiger partial charge in [-0.05, 0) is 72.2 Å². The van der Waals surface area contributed by atoms with Crippen LogP contribution in [0.3, 0.4) is 0 Å². The zero-order chi connectivity index (χ0) is 21.5. The van der Waals surface area contributed by atoms with Crippen LogP contribution in [0.1, 0.15) is 16.7 Å². The highest BCUT2D eigenvalue weighted by atomic mass is 32.1. The van der Waals surface area contributed by atoms with Gasteiger partial charge in [-0.3, -0.25) is 0 Å². The molecule has 156 valence electrons. The molecule has 0 spiro atoms. The van der Waals surface area contributed by atoms with E-state index in [2.05, 4.69) is 5.32 Å². The number of hydrogen-bond donors (Lipinski definition) is 1. The fraction of sp³-hybridized carbons (Fsp3) is 0.208. The van der Waals surface area contributed by atoms with Crippen molar-refractivity contribution in [1.82, 2.24) is 4.90 Å². The summed E-state index contributed by atoms with van der Waals surface area (Å²) in [6.07, 6.45) is 0. The Morgan fingerprint density at radius 2 is 1.50 bits per heavy atom. The van der Waals surface area contributed by atoms with Gasteiger partial charge < -0.3 is 19.7 Å². The molecule has 0 fully saturated rings. The van der Waals surface area contributed by atoms with E-state index in [1.54, 1.807) is 26.4 Å². The molecule has 0 bridgehead atoms. The van der Waals surface area contributed by atoms with E-state index >= 15 is 0 Å². The average molecular weight is 425 g/mol. The molecule has 3 aromatic rings. The minimum atomic E-state index is -0.259. The molecule has 3 aromatic carbocycles. The van der Waals surface area contributed by atoms with Crippen LogP contribution in [0.15, 0.2) is 66.7 Å². The van der Waals surface area contributed by atoms with Gasteiger partial charge in [0.05, 0.1) is 19.9 Å². The van der Waals surface area contributed by atoms with Gasteiger partial charge in [0, 0.05) is 13.1 Å². The van der Waals surface area contributed by atoms with Crippen LogP contribution in [-0.4, -0.2) is 24.2 Å². The van der Waals surface area contributed by atoms with Crippen molar-refractivity contribution < 1.29 is 13.9 Å². The topological polar surface area (TPSA) is 33.7 Å². The van der Waals surface area contributed by atoms with Gasteiger partial charge in [-0.25, -0.2) is 4.39 Å². The summed E-state index contributed by atoms with van der Waals surface area (Å²) in [5, 5.41) is 3.87. The second-order valence-corrected chi connectivity index (χ2v) is 7.35. The van der Waals surface area contributed by atoms with Crippen molar-refractivity contribution in [1.29, 1.82) is 0 Å². The summed E-state index contributed by atoms with van der Waals surface area (Å²) in [5.41, 5.74) is 3.95. The number of methoxy groups -OCH3 is 2. The molecule has 30 heavy (non-hydrogen) atoms. The van der Waals surface area contributed by atoms with Gasteiger partial charge in [0.1, 0.15) is 17.3 Å². The summed E-state index contributed by atoms with van der Waals surface area (Å²) < 4.78 is 24.0. The van der Waals surface area contributed by atoms with E-state index in [1.807, 2.05) is 54.3 Å². The second-order valence-electron chi connectivity index (χ2n) is 6.96. The van der Waals surface area contributed by atoms with Crippen molar-refractivity contribution in [2.75, 3.05) is 19.5 Å². The fourth-order valence-electron chi connectivity index (χ4n) is 3.07. The standard InChI is InChI=1S/C24H25FN2O2S/c1-17-4-13-23(29-3)22(14-17)26-24(30)27(15-18-5-9-20(25)10-6-18)16-19-7-11-21(28-2)12-8-19/h4-14H,15-16H2,1-3H3,(H,26,30). The van der Waals surface area contributed by atoms with Crippen molar-refractivity contribution in [3.05, 3.63) is 89.2 Å². The maximum absolute atomic E-state index is 13.3. The number of nitrogens with one attached hydrogen (secondary N) is 1. The number of aryl methyl sites for hydroxylation is 1. The third-order valence-corrected chi connectivity index (χ3v) is 5.06. The molecule has 0 aliphatic carbocycles. The summed E-state index contributed by atoms with van der Waals surface area (Å²) in [6.45, 7) is 3.13. The highest BCUT2D eigenvalue weighted by Crippen LogP contribution is 2.26. The van der Waals surface area contributed by atoms with Crippen molar-refractivity contribution in [2.45, 2.75) is 20.0 Å². The summed E-state index contributed by atoms with van der Waals surface area (Å²) in [5.74, 6) is 1.26. The zero-order valence-corrected chi connectivity index (χ0v) is 18.1. The number of rotatable bonds is 7. The van der Waals surface area contributed by atoms with Gasteiger partial charge in [0.25, 0.3) is 0 Å². The number of halogens is 1. The van der Waals surface area contributed by atoms with Crippen LogP contribution in [0.2, 0.25) is 0 Å². The monoisotopic (exact) mass is 424 g/mol. The first-order chi connectivity index (χ1) is 14.5. The van der Waals surface area contributed by atoms with Gasteiger partial charge in [-0.1, -0.05) is 30.3 Å². The van der Waals surface area contributed by atoms with E-state index in [9.17, 15) is 4.39 Å². The van der Waals surface area contributed by atoms with Crippen LogP contribution in [-0.2, 0) is 13.1 Å². The van der Waals surface area contributed by atoms with E-state index in [1.165, 1.54) is 12.1 Å². The molecule has 4 nitrogen and oxygen atoms in total. The molecule has 0 aliphatic rings. The molecule has 0 unspecified atom stereocenters. The number of nitrogens with zero attached hydrogens (tertiary/aromatic N) is 1. The lowest BCUT2D eigenvalue weighted by Crippen LogP contribution is -2.34. The van der Waals surface area contributed by atoms with Gasteiger partial charge in [0.2, 0.25) is 0 Å². The van der Waals surface area contributed by atoms with Gasteiger partial charge in [-0.2, -0.15) is 0 Å². The largest absolute Gasteiger partial charge is 0.497 e. The SMILES string of the molecule is COc1ccc(CN(Cc2ccc(F)cc2)C(=S)Nc2cc(C)ccc2OC)cc1. The van der Waals surface area contributed by atoms with Gasteiger partial charge >= 0.3 is 0 Å². The molecule has 0 saturated carbocycles. The van der Waals surface area contributed by atoms with E-state index < -0.39 is 0 Å². The first kappa shape index (κ1) is 21.6. The van der Waals surface area contributed by atoms with Crippen molar-refractivity contribution in [3.8, 4) is 11.5 Å². The van der Waals surface area contributed by atoms with E-state index in [0.29, 0.717) is 24.0 Å². The average Bonchev–Trinajstić information content (AvgIpc) is 2.75. The number of benzene rings is 3. The van der Waals surface area contributed by atoms with Crippen LogP contribution in [0.25, 0.3) is 0 Å². The molecule has 6 heteroatoms. The highest BCUT2D eigenvalue weighted by Gasteiger charge is 2.14. The Morgan fingerprint density at radius 1 is 0.900 bits per heavy atom. The van der Waals surface area contributed by atoms with Crippen LogP contribution < -0.4 is 14.8 Å². The predicted octanol–water partition coefficient (Wildman–Crippen LogP) is 5.55. The minimum Gasteiger partial charge on any atom is -0.497 e. The zero-order valence-electron chi connectivity index (χ0n) is 17.3. The van der Waals surface area contributed by atoms with Crippen molar-refractivity contribution in [3.63, 3.8) is 0 Å².